The Morgan fingerprint density at radius 2 is 1.61 bits per heavy atom. The first-order valence-electron chi connectivity index (χ1n) is 10.7. The summed E-state index contributed by atoms with van der Waals surface area (Å²) in [6.07, 6.45) is 3.28. The highest BCUT2D eigenvalue weighted by Crippen LogP contribution is 2.44. The van der Waals surface area contributed by atoms with E-state index in [0.29, 0.717) is 15.9 Å². The first-order valence-corrected chi connectivity index (χ1v) is 11.1. The molecular formula is C27H22ClF2NO2. The van der Waals surface area contributed by atoms with Crippen molar-refractivity contribution in [2.45, 2.75) is 31.6 Å². The van der Waals surface area contributed by atoms with Crippen LogP contribution in [0.25, 0.3) is 10.9 Å². The van der Waals surface area contributed by atoms with Crippen molar-refractivity contribution in [2.75, 3.05) is 0 Å². The minimum Gasteiger partial charge on any atom is -0.478 e. The molecule has 1 N–H and O–H groups in total. The third-order valence-corrected chi connectivity index (χ3v) is 6.22. The van der Waals surface area contributed by atoms with E-state index in [9.17, 15) is 18.7 Å². The van der Waals surface area contributed by atoms with Crippen LogP contribution in [0.3, 0.4) is 0 Å². The van der Waals surface area contributed by atoms with E-state index in [2.05, 4.69) is 11.9 Å². The van der Waals surface area contributed by atoms with Crippen molar-refractivity contribution in [3.63, 3.8) is 0 Å². The van der Waals surface area contributed by atoms with E-state index in [-0.39, 0.29) is 17.4 Å². The number of pyridine rings is 1. The van der Waals surface area contributed by atoms with E-state index >= 15 is 0 Å². The van der Waals surface area contributed by atoms with Crippen LogP contribution in [0.15, 0.2) is 72.9 Å². The van der Waals surface area contributed by atoms with Gasteiger partial charge in [-0.3, -0.25) is 4.98 Å². The number of carboxylic acid groups (broad SMARTS) is 1. The topological polar surface area (TPSA) is 50.2 Å². The van der Waals surface area contributed by atoms with E-state index < -0.39 is 17.6 Å². The number of hydrogen-bond acceptors (Lipinski definition) is 2. The molecule has 0 aliphatic carbocycles. The summed E-state index contributed by atoms with van der Waals surface area (Å²) in [4.78, 5) is 15.6. The van der Waals surface area contributed by atoms with Crippen LogP contribution >= 0.6 is 11.6 Å². The molecule has 4 rings (SSSR count). The standard InChI is InChI=1S/C27H22ClF2NO2/c1-2-3-20(16-4-6-18(7-5-16)27(32)33)26(17-8-10-19(28)11-9-17)21-12-13-31-25-15-24(30)23(29)14-22(21)25/h4-15,20,26H,2-3H2,1H3,(H,32,33)/t20-,26?/m1/s1. The maximum absolute atomic E-state index is 14.3. The summed E-state index contributed by atoms with van der Waals surface area (Å²) < 4.78 is 28.2. The summed E-state index contributed by atoms with van der Waals surface area (Å²) in [5, 5.41) is 10.4. The van der Waals surface area contributed by atoms with Gasteiger partial charge in [0.15, 0.2) is 11.6 Å². The Hall–Kier alpha value is -3.31. The lowest BCUT2D eigenvalue weighted by Crippen LogP contribution is -2.14. The number of nitrogens with zero attached hydrogens (tertiary/aromatic N) is 1. The maximum Gasteiger partial charge on any atom is 0.335 e. The fourth-order valence-corrected chi connectivity index (χ4v) is 4.57. The van der Waals surface area contributed by atoms with Crippen LogP contribution in [0.4, 0.5) is 8.78 Å². The van der Waals surface area contributed by atoms with Crippen LogP contribution in [-0.2, 0) is 0 Å². The molecule has 3 nitrogen and oxygen atoms in total. The Bertz CT molecular complexity index is 1290. The van der Waals surface area contributed by atoms with Gasteiger partial charge in [-0.25, -0.2) is 13.6 Å². The van der Waals surface area contributed by atoms with Gasteiger partial charge < -0.3 is 5.11 Å². The molecule has 1 heterocycles. The molecule has 0 aliphatic heterocycles. The quantitative estimate of drug-likeness (QED) is 0.306. The van der Waals surface area contributed by atoms with Crippen molar-refractivity contribution in [1.29, 1.82) is 0 Å². The second kappa shape index (κ2) is 9.67. The first-order chi connectivity index (χ1) is 15.9. The molecule has 1 unspecified atom stereocenters. The van der Waals surface area contributed by atoms with Crippen LogP contribution in [0.1, 0.15) is 58.6 Å². The van der Waals surface area contributed by atoms with E-state index in [0.717, 1.165) is 35.6 Å². The number of fused-ring (bicyclic) bond motifs is 1. The second-order valence-corrected chi connectivity index (χ2v) is 8.47. The Morgan fingerprint density at radius 3 is 2.24 bits per heavy atom. The van der Waals surface area contributed by atoms with Crippen LogP contribution in [0.5, 0.6) is 0 Å². The van der Waals surface area contributed by atoms with Crippen LogP contribution in [0.2, 0.25) is 5.02 Å². The normalized spacial score (nSPS) is 13.1. The van der Waals surface area contributed by atoms with Crippen molar-refractivity contribution >= 4 is 28.5 Å². The molecule has 0 amide bonds. The molecule has 0 fully saturated rings. The van der Waals surface area contributed by atoms with Gasteiger partial charge >= 0.3 is 5.97 Å². The summed E-state index contributed by atoms with van der Waals surface area (Å²) in [5.74, 6) is -3.11. The van der Waals surface area contributed by atoms with E-state index in [4.69, 9.17) is 11.6 Å². The minimum atomic E-state index is -0.986. The molecule has 3 aromatic carbocycles. The van der Waals surface area contributed by atoms with Gasteiger partial charge in [0, 0.05) is 28.6 Å². The second-order valence-electron chi connectivity index (χ2n) is 8.04. The molecule has 168 valence electrons. The third-order valence-electron chi connectivity index (χ3n) is 5.97. The summed E-state index contributed by atoms with van der Waals surface area (Å²) >= 11 is 6.14. The molecule has 1 aromatic heterocycles. The van der Waals surface area contributed by atoms with Gasteiger partial charge in [0.2, 0.25) is 0 Å². The minimum absolute atomic E-state index is 0.0438. The van der Waals surface area contributed by atoms with Crippen molar-refractivity contribution < 1.29 is 18.7 Å². The number of aromatic nitrogens is 1. The fraction of sp³-hybridized carbons (Fsp3) is 0.185. The first kappa shape index (κ1) is 22.9. The van der Waals surface area contributed by atoms with E-state index in [1.54, 1.807) is 18.3 Å². The number of halogens is 3. The van der Waals surface area contributed by atoms with Crippen molar-refractivity contribution in [3.8, 4) is 0 Å². The maximum atomic E-state index is 14.3. The summed E-state index contributed by atoms with van der Waals surface area (Å²) in [6, 6.07) is 18.5. The molecule has 4 aromatic rings. The summed E-state index contributed by atoms with van der Waals surface area (Å²) in [6.45, 7) is 2.08. The molecule has 0 saturated heterocycles. The van der Waals surface area contributed by atoms with Gasteiger partial charge in [-0.1, -0.05) is 49.2 Å². The average molecular weight is 466 g/mol. The largest absolute Gasteiger partial charge is 0.478 e. The predicted octanol–water partition coefficient (Wildman–Crippen LogP) is 7.58. The third kappa shape index (κ3) is 4.74. The number of benzene rings is 3. The fourth-order valence-electron chi connectivity index (χ4n) is 4.44. The molecule has 6 heteroatoms. The number of hydrogen-bond donors (Lipinski definition) is 1. The van der Waals surface area contributed by atoms with Crippen LogP contribution in [-0.4, -0.2) is 16.1 Å². The Labute approximate surface area is 195 Å². The van der Waals surface area contributed by atoms with Gasteiger partial charge in [0.05, 0.1) is 11.1 Å². The Morgan fingerprint density at radius 1 is 0.970 bits per heavy atom. The SMILES string of the molecule is CCC[C@H](c1ccc(C(=O)O)cc1)C(c1ccc(Cl)cc1)c1ccnc2cc(F)c(F)cc12. The lowest BCUT2D eigenvalue weighted by molar-refractivity contribution is 0.0697. The number of carboxylic acids is 1. The smallest absolute Gasteiger partial charge is 0.335 e. The van der Waals surface area contributed by atoms with Crippen molar-refractivity contribution in [2.24, 2.45) is 0 Å². The molecular weight excluding hydrogens is 444 g/mol. The van der Waals surface area contributed by atoms with Crippen molar-refractivity contribution in [1.82, 2.24) is 4.98 Å². The highest BCUT2D eigenvalue weighted by molar-refractivity contribution is 6.30. The van der Waals surface area contributed by atoms with Crippen LogP contribution in [0, 0.1) is 11.6 Å². The van der Waals surface area contributed by atoms with E-state index in [1.165, 1.54) is 6.07 Å². The lowest BCUT2D eigenvalue weighted by Gasteiger charge is -2.30. The Balaban J connectivity index is 1.94. The molecule has 0 radical (unpaired) electrons. The highest BCUT2D eigenvalue weighted by Gasteiger charge is 2.28. The summed E-state index contributed by atoms with van der Waals surface area (Å²) in [5.41, 5.74) is 3.35. The number of rotatable bonds is 7. The molecule has 0 aliphatic rings. The monoisotopic (exact) mass is 465 g/mol. The number of carbonyl (C=O) groups is 1. The zero-order valence-electron chi connectivity index (χ0n) is 17.9. The van der Waals surface area contributed by atoms with Crippen LogP contribution < -0.4 is 0 Å². The molecule has 2 atom stereocenters. The molecule has 0 spiro atoms. The molecule has 33 heavy (non-hydrogen) atoms. The zero-order chi connectivity index (χ0) is 23.5. The van der Waals surface area contributed by atoms with Gasteiger partial charge in [-0.05, 0) is 65.4 Å². The number of aromatic carboxylic acids is 1. The average Bonchev–Trinajstić information content (AvgIpc) is 2.81. The predicted molar refractivity (Wildman–Crippen MR) is 126 cm³/mol. The molecule has 0 bridgehead atoms. The van der Waals surface area contributed by atoms with E-state index in [1.807, 2.05) is 42.5 Å². The van der Waals surface area contributed by atoms with Gasteiger partial charge in [-0.2, -0.15) is 0 Å². The Kier molecular flexibility index (Phi) is 6.70. The highest BCUT2D eigenvalue weighted by atomic mass is 35.5. The van der Waals surface area contributed by atoms with Gasteiger partial charge in [-0.15, -0.1) is 0 Å². The van der Waals surface area contributed by atoms with Gasteiger partial charge in [0.1, 0.15) is 0 Å². The summed E-state index contributed by atoms with van der Waals surface area (Å²) in [7, 11) is 0. The zero-order valence-corrected chi connectivity index (χ0v) is 18.7. The molecule has 0 saturated carbocycles. The van der Waals surface area contributed by atoms with Crippen molar-refractivity contribution in [3.05, 3.63) is 112 Å². The lowest BCUT2D eigenvalue weighted by atomic mass is 9.74. The van der Waals surface area contributed by atoms with Gasteiger partial charge in [0.25, 0.3) is 0 Å².